The molecule has 2 N–H and O–H groups in total. The van der Waals surface area contributed by atoms with E-state index in [9.17, 15) is 9.36 Å². The summed E-state index contributed by atoms with van der Waals surface area (Å²) in [5, 5.41) is 2.65. The molecule has 3 rings (SSSR count). The number of rotatable bonds is 9. The molecular weight excluding hydrogens is 423 g/mol. The Balaban J connectivity index is 1.41. The number of hydrogen-bond donors (Lipinski definition) is 2. The SMILES string of the molecule is CCP(=O)(CNSCNC(=O)Oc1cccc2c1OC(C)(C)C2)Oc1ccccc1. The van der Waals surface area contributed by atoms with Crippen molar-refractivity contribution in [2.75, 3.05) is 18.3 Å². The maximum Gasteiger partial charge on any atom is 0.413 e. The van der Waals surface area contributed by atoms with Gasteiger partial charge >= 0.3 is 6.09 Å². The van der Waals surface area contributed by atoms with Crippen LogP contribution < -0.4 is 24.0 Å². The summed E-state index contributed by atoms with van der Waals surface area (Å²) in [5.41, 5.74) is 0.711. The van der Waals surface area contributed by atoms with Crippen LogP contribution in [0.15, 0.2) is 48.5 Å². The fourth-order valence-corrected chi connectivity index (χ4v) is 5.34. The summed E-state index contributed by atoms with van der Waals surface area (Å²) in [4.78, 5) is 12.1. The highest BCUT2D eigenvalue weighted by atomic mass is 32.2. The van der Waals surface area contributed by atoms with Gasteiger partial charge in [-0.05, 0) is 32.0 Å². The van der Waals surface area contributed by atoms with E-state index in [-0.39, 0.29) is 17.8 Å². The van der Waals surface area contributed by atoms with Gasteiger partial charge in [0.25, 0.3) is 7.37 Å². The molecule has 0 fully saturated rings. The quantitative estimate of drug-likeness (QED) is 0.240. The molecule has 2 aromatic rings. The van der Waals surface area contributed by atoms with Gasteiger partial charge in [0.05, 0.1) is 12.2 Å². The van der Waals surface area contributed by atoms with E-state index in [2.05, 4.69) is 10.0 Å². The number of carbonyl (C=O) groups is 1. The van der Waals surface area contributed by atoms with Crippen LogP contribution in [-0.2, 0) is 11.0 Å². The smallest absolute Gasteiger partial charge is 0.413 e. The lowest BCUT2D eigenvalue weighted by atomic mass is 10.0. The molecule has 1 heterocycles. The molecule has 1 unspecified atom stereocenters. The van der Waals surface area contributed by atoms with E-state index in [1.165, 1.54) is 11.9 Å². The maximum absolute atomic E-state index is 12.8. The van der Waals surface area contributed by atoms with Crippen LogP contribution >= 0.6 is 19.3 Å². The topological polar surface area (TPSA) is 85.9 Å². The Morgan fingerprint density at radius 3 is 2.70 bits per heavy atom. The monoisotopic (exact) mass is 450 g/mol. The third-order valence-corrected chi connectivity index (χ3v) is 7.45. The maximum atomic E-state index is 12.8. The van der Waals surface area contributed by atoms with Gasteiger partial charge < -0.3 is 19.3 Å². The summed E-state index contributed by atoms with van der Waals surface area (Å²) < 4.78 is 32.8. The Labute approximate surface area is 181 Å². The summed E-state index contributed by atoms with van der Waals surface area (Å²) in [7, 11) is -2.85. The zero-order valence-electron chi connectivity index (χ0n) is 17.3. The lowest BCUT2D eigenvalue weighted by molar-refractivity contribution is 0.133. The average molecular weight is 450 g/mol. The summed E-state index contributed by atoms with van der Waals surface area (Å²) in [5.74, 6) is 1.84. The van der Waals surface area contributed by atoms with Gasteiger partial charge in [-0.2, -0.15) is 0 Å². The standard InChI is InChI=1S/C21H27N2O5PS/c1-4-29(25,28-17-10-6-5-7-11-17)14-23-30-15-22-20(24)26-18-12-8-9-16-13-21(2,3)27-19(16)18/h5-12,23H,4,13-15H2,1-3H3,(H,22,24). The van der Waals surface area contributed by atoms with Crippen LogP contribution in [0, 0.1) is 0 Å². The molecule has 0 saturated heterocycles. The Morgan fingerprint density at radius 2 is 1.97 bits per heavy atom. The first-order valence-corrected chi connectivity index (χ1v) is 12.7. The van der Waals surface area contributed by atoms with E-state index >= 15 is 0 Å². The number of carbonyl (C=O) groups excluding carboxylic acids is 1. The van der Waals surface area contributed by atoms with E-state index in [1.54, 1.807) is 18.2 Å². The number of benzene rings is 2. The molecule has 0 saturated carbocycles. The molecule has 0 spiro atoms. The summed E-state index contributed by atoms with van der Waals surface area (Å²) in [6, 6.07) is 14.6. The molecule has 2 aromatic carbocycles. The minimum absolute atomic E-state index is 0.189. The van der Waals surface area contributed by atoms with Crippen LogP contribution in [0.1, 0.15) is 26.3 Å². The number of ether oxygens (including phenoxy) is 2. The average Bonchev–Trinajstić information content (AvgIpc) is 3.03. The molecule has 9 heteroatoms. The Kier molecular flexibility index (Phi) is 7.34. The number of hydrogen-bond acceptors (Lipinski definition) is 7. The van der Waals surface area contributed by atoms with E-state index in [1.807, 2.05) is 51.1 Å². The second-order valence-corrected chi connectivity index (χ2v) is 11.1. The van der Waals surface area contributed by atoms with Crippen LogP contribution in [0.2, 0.25) is 0 Å². The summed E-state index contributed by atoms with van der Waals surface area (Å²) in [6.07, 6.45) is 0.781. The molecule has 1 aliphatic heterocycles. The Morgan fingerprint density at radius 1 is 1.20 bits per heavy atom. The fourth-order valence-electron chi connectivity index (χ4n) is 2.98. The van der Waals surface area contributed by atoms with Gasteiger partial charge in [0.1, 0.15) is 11.4 Å². The largest absolute Gasteiger partial charge is 0.483 e. The third kappa shape index (κ3) is 6.17. The molecule has 1 atom stereocenters. The van der Waals surface area contributed by atoms with E-state index in [0.29, 0.717) is 23.4 Å². The van der Waals surface area contributed by atoms with Gasteiger partial charge in [-0.15, -0.1) is 0 Å². The van der Waals surface area contributed by atoms with Crippen molar-refractivity contribution in [1.82, 2.24) is 10.0 Å². The first-order chi connectivity index (χ1) is 14.3. The van der Waals surface area contributed by atoms with Crippen molar-refractivity contribution in [3.63, 3.8) is 0 Å². The predicted molar refractivity (Wildman–Crippen MR) is 120 cm³/mol. The van der Waals surface area contributed by atoms with Crippen molar-refractivity contribution in [2.45, 2.75) is 32.8 Å². The van der Waals surface area contributed by atoms with Gasteiger partial charge in [-0.1, -0.05) is 49.2 Å². The van der Waals surface area contributed by atoms with Crippen LogP contribution in [-0.4, -0.2) is 30.0 Å². The molecule has 0 aliphatic carbocycles. The second-order valence-electron chi connectivity index (χ2n) is 7.48. The van der Waals surface area contributed by atoms with Crippen LogP contribution in [0.4, 0.5) is 4.79 Å². The van der Waals surface area contributed by atoms with Gasteiger partial charge in [0.15, 0.2) is 11.5 Å². The minimum Gasteiger partial charge on any atom is -0.483 e. The molecule has 0 bridgehead atoms. The van der Waals surface area contributed by atoms with Crippen molar-refractivity contribution in [3.8, 4) is 17.2 Å². The fraction of sp³-hybridized carbons (Fsp3) is 0.381. The van der Waals surface area contributed by atoms with E-state index in [4.69, 9.17) is 14.0 Å². The molecule has 7 nitrogen and oxygen atoms in total. The lowest BCUT2D eigenvalue weighted by Gasteiger charge is -2.18. The van der Waals surface area contributed by atoms with Crippen molar-refractivity contribution in [3.05, 3.63) is 54.1 Å². The zero-order valence-corrected chi connectivity index (χ0v) is 19.1. The van der Waals surface area contributed by atoms with Crippen molar-refractivity contribution in [1.29, 1.82) is 0 Å². The molecule has 30 heavy (non-hydrogen) atoms. The highest BCUT2D eigenvalue weighted by Gasteiger charge is 2.32. The summed E-state index contributed by atoms with van der Waals surface area (Å²) in [6.45, 7) is 5.82. The van der Waals surface area contributed by atoms with E-state index in [0.717, 1.165) is 12.0 Å². The number of nitrogens with one attached hydrogen (secondary N) is 2. The molecular formula is C21H27N2O5PS. The van der Waals surface area contributed by atoms with Crippen molar-refractivity contribution >= 4 is 25.4 Å². The Hall–Kier alpha value is -2.15. The first-order valence-electron chi connectivity index (χ1n) is 9.74. The molecule has 0 radical (unpaired) electrons. The first kappa shape index (κ1) is 22.5. The molecule has 0 aromatic heterocycles. The number of amides is 1. The van der Waals surface area contributed by atoms with E-state index < -0.39 is 13.5 Å². The minimum atomic E-state index is -2.85. The Bertz CT molecular complexity index is 923. The molecule has 162 valence electrons. The molecule has 1 aliphatic rings. The molecule has 1 amide bonds. The van der Waals surface area contributed by atoms with Crippen LogP contribution in [0.3, 0.4) is 0 Å². The van der Waals surface area contributed by atoms with Crippen molar-refractivity contribution in [2.24, 2.45) is 0 Å². The van der Waals surface area contributed by atoms with Crippen molar-refractivity contribution < 1.29 is 23.4 Å². The third-order valence-electron chi connectivity index (χ3n) is 4.45. The van der Waals surface area contributed by atoms with Gasteiger partial charge in [0, 0.05) is 18.1 Å². The number of para-hydroxylation sites is 2. The normalized spacial score (nSPS) is 16.1. The van der Waals surface area contributed by atoms with Gasteiger partial charge in [0.2, 0.25) is 0 Å². The van der Waals surface area contributed by atoms with Gasteiger partial charge in [-0.3, -0.25) is 9.29 Å². The highest BCUT2D eigenvalue weighted by Crippen LogP contribution is 2.46. The summed E-state index contributed by atoms with van der Waals surface area (Å²) >= 11 is 1.22. The highest BCUT2D eigenvalue weighted by molar-refractivity contribution is 7.97. The van der Waals surface area contributed by atoms with Gasteiger partial charge in [-0.25, -0.2) is 4.79 Å². The zero-order chi connectivity index (χ0) is 21.6. The van der Waals surface area contributed by atoms with Crippen LogP contribution in [0.5, 0.6) is 17.2 Å². The second kappa shape index (κ2) is 9.77. The van der Waals surface area contributed by atoms with Crippen LogP contribution in [0.25, 0.3) is 0 Å². The number of fused-ring (bicyclic) bond motifs is 1. The predicted octanol–water partition coefficient (Wildman–Crippen LogP) is 5.02. The lowest BCUT2D eigenvalue weighted by Crippen LogP contribution is -2.28.